The van der Waals surface area contributed by atoms with Gasteiger partial charge in [-0.15, -0.1) is 0 Å². The highest BCUT2D eigenvalue weighted by atomic mass is 19.1. The largest absolute Gasteiger partial charge is 0.475 e. The Morgan fingerprint density at radius 2 is 2.00 bits per heavy atom. The average molecular weight is 360 g/mol. The Morgan fingerprint density at radius 1 is 1.19 bits per heavy atom. The van der Waals surface area contributed by atoms with Crippen molar-refractivity contribution < 1.29 is 13.9 Å². The SMILES string of the molecule is CN=C(NCc1ccc(F)c(C)c1)NCc1cccnc1OCCOC. The molecule has 0 amide bonds. The van der Waals surface area contributed by atoms with Gasteiger partial charge in [-0.1, -0.05) is 18.2 Å². The van der Waals surface area contributed by atoms with Crippen LogP contribution < -0.4 is 15.4 Å². The van der Waals surface area contributed by atoms with Crippen LogP contribution in [0.15, 0.2) is 41.5 Å². The second kappa shape index (κ2) is 10.4. The maximum absolute atomic E-state index is 13.3. The maximum atomic E-state index is 13.3. The van der Waals surface area contributed by atoms with Gasteiger partial charge in [0.05, 0.1) is 6.61 Å². The summed E-state index contributed by atoms with van der Waals surface area (Å²) in [5.74, 6) is 1.01. The van der Waals surface area contributed by atoms with Gasteiger partial charge >= 0.3 is 0 Å². The summed E-state index contributed by atoms with van der Waals surface area (Å²) in [5.41, 5.74) is 2.53. The summed E-state index contributed by atoms with van der Waals surface area (Å²) in [6, 6.07) is 8.85. The Kier molecular flexibility index (Phi) is 7.82. The molecule has 0 aliphatic heterocycles. The number of hydrogen-bond donors (Lipinski definition) is 2. The summed E-state index contributed by atoms with van der Waals surface area (Å²) in [6.45, 7) is 3.75. The molecule has 6 nitrogen and oxygen atoms in total. The Bertz CT molecular complexity index is 737. The molecular weight excluding hydrogens is 335 g/mol. The fraction of sp³-hybridized carbons (Fsp3) is 0.368. The molecule has 0 aliphatic carbocycles. The first kappa shape index (κ1) is 19.7. The first-order chi connectivity index (χ1) is 12.6. The van der Waals surface area contributed by atoms with Crippen LogP contribution in [0.4, 0.5) is 4.39 Å². The van der Waals surface area contributed by atoms with Crippen molar-refractivity contribution in [2.75, 3.05) is 27.4 Å². The number of aromatic nitrogens is 1. The van der Waals surface area contributed by atoms with Crippen LogP contribution in [0.1, 0.15) is 16.7 Å². The lowest BCUT2D eigenvalue weighted by molar-refractivity contribution is 0.143. The van der Waals surface area contributed by atoms with E-state index >= 15 is 0 Å². The molecule has 7 heteroatoms. The molecule has 1 heterocycles. The molecule has 0 bridgehead atoms. The second-order valence-corrected chi connectivity index (χ2v) is 5.67. The van der Waals surface area contributed by atoms with E-state index in [-0.39, 0.29) is 5.82 Å². The van der Waals surface area contributed by atoms with Gasteiger partial charge in [0.2, 0.25) is 5.88 Å². The third-order valence-electron chi connectivity index (χ3n) is 3.73. The van der Waals surface area contributed by atoms with Crippen LogP contribution in [-0.2, 0) is 17.8 Å². The third kappa shape index (κ3) is 6.00. The maximum Gasteiger partial charge on any atom is 0.218 e. The zero-order chi connectivity index (χ0) is 18.8. The fourth-order valence-corrected chi connectivity index (χ4v) is 2.31. The van der Waals surface area contributed by atoms with Crippen molar-refractivity contribution in [2.45, 2.75) is 20.0 Å². The number of methoxy groups -OCH3 is 1. The predicted octanol–water partition coefficient (Wildman–Crippen LogP) is 2.42. The lowest BCUT2D eigenvalue weighted by Crippen LogP contribution is -2.36. The molecule has 26 heavy (non-hydrogen) atoms. The number of hydrogen-bond acceptors (Lipinski definition) is 4. The van der Waals surface area contributed by atoms with Crippen LogP contribution in [0.25, 0.3) is 0 Å². The second-order valence-electron chi connectivity index (χ2n) is 5.67. The van der Waals surface area contributed by atoms with Crippen LogP contribution in [0.3, 0.4) is 0 Å². The minimum absolute atomic E-state index is 0.200. The number of aliphatic imine (C=N–C) groups is 1. The predicted molar refractivity (Wildman–Crippen MR) is 99.8 cm³/mol. The number of halogens is 1. The van der Waals surface area contributed by atoms with Crippen molar-refractivity contribution >= 4 is 5.96 Å². The van der Waals surface area contributed by atoms with E-state index in [1.165, 1.54) is 6.07 Å². The van der Waals surface area contributed by atoms with Crippen molar-refractivity contribution in [3.05, 3.63) is 59.0 Å². The highest BCUT2D eigenvalue weighted by molar-refractivity contribution is 5.79. The van der Waals surface area contributed by atoms with Gasteiger partial charge in [-0.3, -0.25) is 4.99 Å². The Labute approximate surface area is 153 Å². The lowest BCUT2D eigenvalue weighted by atomic mass is 10.1. The highest BCUT2D eigenvalue weighted by Crippen LogP contribution is 2.14. The van der Waals surface area contributed by atoms with Gasteiger partial charge in [-0.2, -0.15) is 0 Å². The van der Waals surface area contributed by atoms with Gasteiger partial charge in [0, 0.05) is 39.0 Å². The van der Waals surface area contributed by atoms with Crippen molar-refractivity contribution in [1.29, 1.82) is 0 Å². The van der Waals surface area contributed by atoms with E-state index in [1.54, 1.807) is 33.3 Å². The van der Waals surface area contributed by atoms with Crippen molar-refractivity contribution in [1.82, 2.24) is 15.6 Å². The van der Waals surface area contributed by atoms with Crippen molar-refractivity contribution in [3.63, 3.8) is 0 Å². The molecule has 0 saturated heterocycles. The number of rotatable bonds is 8. The Hall–Kier alpha value is -2.67. The number of nitrogens with one attached hydrogen (secondary N) is 2. The van der Waals surface area contributed by atoms with Crippen molar-refractivity contribution in [3.8, 4) is 5.88 Å². The molecule has 0 atom stereocenters. The first-order valence-corrected chi connectivity index (χ1v) is 8.39. The summed E-state index contributed by atoms with van der Waals surface area (Å²) < 4.78 is 24.0. The van der Waals surface area contributed by atoms with Gasteiger partial charge in [-0.25, -0.2) is 9.37 Å². The quantitative estimate of drug-likeness (QED) is 0.430. The molecule has 2 rings (SSSR count). The van der Waals surface area contributed by atoms with Crippen LogP contribution >= 0.6 is 0 Å². The molecule has 140 valence electrons. The molecule has 0 unspecified atom stereocenters. The zero-order valence-electron chi connectivity index (χ0n) is 15.4. The number of benzene rings is 1. The van der Waals surface area contributed by atoms with E-state index in [0.717, 1.165) is 11.1 Å². The molecule has 2 aromatic rings. The van der Waals surface area contributed by atoms with E-state index in [1.807, 2.05) is 18.2 Å². The molecular formula is C19H25FN4O2. The average Bonchev–Trinajstić information content (AvgIpc) is 2.66. The van der Waals surface area contributed by atoms with Crippen LogP contribution in [0.2, 0.25) is 0 Å². The summed E-state index contributed by atoms with van der Waals surface area (Å²) >= 11 is 0. The van der Waals surface area contributed by atoms with Crippen LogP contribution in [-0.4, -0.2) is 38.3 Å². The van der Waals surface area contributed by atoms with E-state index < -0.39 is 0 Å². The van der Waals surface area contributed by atoms with Crippen molar-refractivity contribution in [2.24, 2.45) is 4.99 Å². The highest BCUT2D eigenvalue weighted by Gasteiger charge is 2.06. The number of nitrogens with zero attached hydrogens (tertiary/aromatic N) is 2. The van der Waals surface area contributed by atoms with Crippen LogP contribution in [0.5, 0.6) is 5.88 Å². The summed E-state index contributed by atoms with van der Waals surface area (Å²) in [5, 5.41) is 6.44. The topological polar surface area (TPSA) is 67.8 Å². The number of guanidine groups is 1. The Balaban J connectivity index is 1.89. The van der Waals surface area contributed by atoms with E-state index in [4.69, 9.17) is 9.47 Å². The molecule has 1 aromatic carbocycles. The minimum Gasteiger partial charge on any atom is -0.475 e. The molecule has 2 N–H and O–H groups in total. The van der Waals surface area contributed by atoms with E-state index in [0.29, 0.717) is 43.7 Å². The smallest absolute Gasteiger partial charge is 0.218 e. The van der Waals surface area contributed by atoms with Crippen LogP contribution in [0, 0.1) is 12.7 Å². The lowest BCUT2D eigenvalue weighted by Gasteiger charge is -2.14. The van der Waals surface area contributed by atoms with Gasteiger partial charge in [-0.05, 0) is 30.2 Å². The molecule has 0 aliphatic rings. The molecule has 0 saturated carbocycles. The summed E-state index contributed by atoms with van der Waals surface area (Å²) in [7, 11) is 3.33. The molecule has 0 spiro atoms. The summed E-state index contributed by atoms with van der Waals surface area (Å²) in [6.07, 6.45) is 1.69. The number of pyridine rings is 1. The zero-order valence-corrected chi connectivity index (χ0v) is 15.4. The van der Waals surface area contributed by atoms with Gasteiger partial charge in [0.25, 0.3) is 0 Å². The molecule has 1 aromatic heterocycles. The van der Waals surface area contributed by atoms with Gasteiger partial charge < -0.3 is 20.1 Å². The number of aryl methyl sites for hydroxylation is 1. The minimum atomic E-state index is -0.200. The summed E-state index contributed by atoms with van der Waals surface area (Å²) in [4.78, 5) is 8.45. The van der Waals surface area contributed by atoms with Gasteiger partial charge in [0.15, 0.2) is 5.96 Å². The molecule has 0 fully saturated rings. The monoisotopic (exact) mass is 360 g/mol. The van der Waals surface area contributed by atoms with Gasteiger partial charge in [0.1, 0.15) is 12.4 Å². The number of ether oxygens (including phenoxy) is 2. The molecule has 0 radical (unpaired) electrons. The van der Waals surface area contributed by atoms with E-state index in [2.05, 4.69) is 20.6 Å². The standard InChI is InChI=1S/C19H25FN4O2/c1-14-11-15(6-7-17(14)20)12-23-19(21-2)24-13-16-5-4-8-22-18(16)26-10-9-25-3/h4-8,11H,9-10,12-13H2,1-3H3,(H2,21,23,24). The Morgan fingerprint density at radius 3 is 2.73 bits per heavy atom. The third-order valence-corrected chi connectivity index (χ3v) is 3.73. The fourth-order valence-electron chi connectivity index (χ4n) is 2.31. The van der Waals surface area contributed by atoms with E-state index in [9.17, 15) is 4.39 Å². The normalized spacial score (nSPS) is 11.3. The first-order valence-electron chi connectivity index (χ1n) is 8.39.